The minimum absolute atomic E-state index is 0.0870. The van der Waals surface area contributed by atoms with Gasteiger partial charge in [-0.2, -0.15) is 8.42 Å². The lowest BCUT2D eigenvalue weighted by molar-refractivity contribution is 0.259. The summed E-state index contributed by atoms with van der Waals surface area (Å²) in [6.45, 7) is 1.88. The second-order valence-electron chi connectivity index (χ2n) is 5.91. The molecule has 0 spiro atoms. The van der Waals surface area contributed by atoms with Gasteiger partial charge in [-0.05, 0) is 42.8 Å². The summed E-state index contributed by atoms with van der Waals surface area (Å²) in [7, 11) is -3.96. The Bertz CT molecular complexity index is 1060. The number of nitrogens with one attached hydrogen (secondary N) is 1. The zero-order chi connectivity index (χ0) is 19.4. The predicted octanol–water partition coefficient (Wildman–Crippen LogP) is 3.92. The number of hydrogen-bond acceptors (Lipinski definition) is 4. The highest BCUT2D eigenvalue weighted by atomic mass is 32.2. The van der Waals surface area contributed by atoms with Gasteiger partial charge in [0.2, 0.25) is 0 Å². The molecule has 138 valence electrons. The Morgan fingerprint density at radius 1 is 0.926 bits per heavy atom. The molecular weight excluding hydrogens is 364 g/mol. The molecule has 3 aromatic rings. The fourth-order valence-electron chi connectivity index (χ4n) is 2.52. The first-order valence-electron chi connectivity index (χ1n) is 8.12. The molecule has 0 atom stereocenters. The zero-order valence-electron chi connectivity index (χ0n) is 14.5. The predicted molar refractivity (Wildman–Crippen MR) is 104 cm³/mol. The molecule has 0 saturated heterocycles. The number of benzene rings is 3. The lowest BCUT2D eigenvalue weighted by atomic mass is 10.0. The Balaban J connectivity index is 1.92. The second kappa shape index (κ2) is 7.51. The van der Waals surface area contributed by atoms with Crippen LogP contribution in [0.1, 0.15) is 5.56 Å². The summed E-state index contributed by atoms with van der Waals surface area (Å²) in [5, 5.41) is 2.47. The Morgan fingerprint density at radius 2 is 1.56 bits per heavy atom. The van der Waals surface area contributed by atoms with Gasteiger partial charge < -0.3 is 15.2 Å². The third-order valence-electron chi connectivity index (χ3n) is 3.86. The topological polar surface area (TPSA) is 98.5 Å². The number of aryl methyl sites for hydroxylation is 1. The lowest BCUT2D eigenvalue weighted by Gasteiger charge is -2.12. The van der Waals surface area contributed by atoms with Crippen LogP contribution in [-0.2, 0) is 10.1 Å². The van der Waals surface area contributed by atoms with Crippen LogP contribution in [-0.4, -0.2) is 14.4 Å². The maximum absolute atomic E-state index is 12.6. The maximum atomic E-state index is 12.6. The van der Waals surface area contributed by atoms with Crippen molar-refractivity contribution < 1.29 is 17.4 Å². The summed E-state index contributed by atoms with van der Waals surface area (Å²) in [6, 6.07) is 19.5. The molecule has 0 aliphatic carbocycles. The van der Waals surface area contributed by atoms with Crippen LogP contribution in [0.15, 0.2) is 77.7 Å². The number of carbonyl (C=O) groups excluding carboxylic acids is 1. The SMILES string of the molecule is Cc1ccc(S(=O)(=O)Oc2ccccc2-c2ccc(NC(N)=O)cc2)cc1. The van der Waals surface area contributed by atoms with Gasteiger partial charge in [0.15, 0.2) is 5.75 Å². The van der Waals surface area contributed by atoms with Crippen molar-refractivity contribution in [2.75, 3.05) is 5.32 Å². The van der Waals surface area contributed by atoms with Crippen molar-refractivity contribution in [3.05, 3.63) is 78.4 Å². The molecule has 3 aromatic carbocycles. The molecular formula is C20H18N2O4S. The molecule has 0 saturated carbocycles. The van der Waals surface area contributed by atoms with Gasteiger partial charge >= 0.3 is 16.1 Å². The number of anilines is 1. The molecule has 0 bridgehead atoms. The number of nitrogens with two attached hydrogens (primary N) is 1. The molecule has 0 radical (unpaired) electrons. The Hall–Kier alpha value is -3.32. The molecule has 0 fully saturated rings. The quantitative estimate of drug-likeness (QED) is 0.653. The second-order valence-corrected chi connectivity index (χ2v) is 7.46. The van der Waals surface area contributed by atoms with E-state index in [9.17, 15) is 13.2 Å². The van der Waals surface area contributed by atoms with E-state index in [1.807, 2.05) is 6.92 Å². The maximum Gasteiger partial charge on any atom is 0.339 e. The molecule has 27 heavy (non-hydrogen) atoms. The van der Waals surface area contributed by atoms with E-state index in [0.29, 0.717) is 11.3 Å². The highest BCUT2D eigenvalue weighted by Gasteiger charge is 2.18. The van der Waals surface area contributed by atoms with Crippen LogP contribution in [0.25, 0.3) is 11.1 Å². The van der Waals surface area contributed by atoms with E-state index in [2.05, 4.69) is 5.32 Å². The van der Waals surface area contributed by atoms with Crippen LogP contribution in [0.4, 0.5) is 10.5 Å². The van der Waals surface area contributed by atoms with Gasteiger partial charge in [-0.3, -0.25) is 0 Å². The molecule has 2 amide bonds. The lowest BCUT2D eigenvalue weighted by Crippen LogP contribution is -2.19. The summed E-state index contributed by atoms with van der Waals surface area (Å²) < 4.78 is 30.6. The first kappa shape index (κ1) is 18.5. The first-order chi connectivity index (χ1) is 12.8. The van der Waals surface area contributed by atoms with Gasteiger partial charge in [-0.15, -0.1) is 0 Å². The first-order valence-corrected chi connectivity index (χ1v) is 9.53. The Kier molecular flexibility index (Phi) is 5.14. The fourth-order valence-corrected chi connectivity index (χ4v) is 3.47. The average Bonchev–Trinajstić information content (AvgIpc) is 2.62. The summed E-state index contributed by atoms with van der Waals surface area (Å²) in [6.07, 6.45) is 0. The number of primary amides is 1. The minimum Gasteiger partial charge on any atom is -0.378 e. The van der Waals surface area contributed by atoms with Gasteiger partial charge in [0.25, 0.3) is 0 Å². The van der Waals surface area contributed by atoms with E-state index in [-0.39, 0.29) is 10.6 Å². The van der Waals surface area contributed by atoms with Gasteiger partial charge in [0.05, 0.1) is 0 Å². The van der Waals surface area contributed by atoms with E-state index in [0.717, 1.165) is 11.1 Å². The summed E-state index contributed by atoms with van der Waals surface area (Å²) in [5.74, 6) is 0.216. The van der Waals surface area contributed by atoms with Crippen molar-refractivity contribution in [1.82, 2.24) is 0 Å². The van der Waals surface area contributed by atoms with Crippen LogP contribution in [0.2, 0.25) is 0 Å². The highest BCUT2D eigenvalue weighted by molar-refractivity contribution is 7.87. The summed E-state index contributed by atoms with van der Waals surface area (Å²) >= 11 is 0. The molecule has 3 rings (SSSR count). The Labute approximate surface area is 157 Å². The molecule has 3 N–H and O–H groups in total. The molecule has 0 unspecified atom stereocenters. The van der Waals surface area contributed by atoms with E-state index in [1.165, 1.54) is 12.1 Å². The third-order valence-corrected chi connectivity index (χ3v) is 5.11. The average molecular weight is 382 g/mol. The van der Waals surface area contributed by atoms with Crippen molar-refractivity contribution in [3.8, 4) is 16.9 Å². The highest BCUT2D eigenvalue weighted by Crippen LogP contribution is 2.32. The third kappa shape index (κ3) is 4.45. The normalized spacial score (nSPS) is 11.0. The minimum atomic E-state index is -3.96. The molecule has 6 nitrogen and oxygen atoms in total. The van der Waals surface area contributed by atoms with Crippen LogP contribution in [0, 0.1) is 6.92 Å². The summed E-state index contributed by atoms with van der Waals surface area (Å²) in [5.41, 5.74) is 7.94. The van der Waals surface area contributed by atoms with Crippen LogP contribution in [0.3, 0.4) is 0 Å². The van der Waals surface area contributed by atoms with Gasteiger partial charge in [-0.25, -0.2) is 4.79 Å². The van der Waals surface area contributed by atoms with E-state index < -0.39 is 16.1 Å². The number of rotatable bonds is 5. The fraction of sp³-hybridized carbons (Fsp3) is 0.0500. The van der Waals surface area contributed by atoms with Crippen LogP contribution < -0.4 is 15.2 Å². The number of para-hydroxylation sites is 1. The summed E-state index contributed by atoms with van der Waals surface area (Å²) in [4.78, 5) is 11.0. The Morgan fingerprint density at radius 3 is 2.19 bits per heavy atom. The largest absolute Gasteiger partial charge is 0.378 e. The van der Waals surface area contributed by atoms with Gasteiger partial charge in [0, 0.05) is 11.3 Å². The number of hydrogen-bond donors (Lipinski definition) is 2. The molecule has 0 aliphatic heterocycles. The number of urea groups is 1. The van der Waals surface area contributed by atoms with E-state index in [4.69, 9.17) is 9.92 Å². The molecule has 0 heterocycles. The van der Waals surface area contributed by atoms with Crippen molar-refractivity contribution in [1.29, 1.82) is 0 Å². The van der Waals surface area contributed by atoms with Gasteiger partial charge in [-0.1, -0.05) is 48.0 Å². The number of amides is 2. The van der Waals surface area contributed by atoms with E-state index >= 15 is 0 Å². The monoisotopic (exact) mass is 382 g/mol. The zero-order valence-corrected chi connectivity index (χ0v) is 15.4. The van der Waals surface area contributed by atoms with Crippen LogP contribution >= 0.6 is 0 Å². The smallest absolute Gasteiger partial charge is 0.339 e. The molecule has 0 aromatic heterocycles. The van der Waals surface area contributed by atoms with Crippen molar-refractivity contribution in [2.45, 2.75) is 11.8 Å². The van der Waals surface area contributed by atoms with E-state index in [1.54, 1.807) is 60.7 Å². The number of carbonyl (C=O) groups is 1. The van der Waals surface area contributed by atoms with Crippen molar-refractivity contribution >= 4 is 21.8 Å². The molecule has 7 heteroatoms. The van der Waals surface area contributed by atoms with Gasteiger partial charge in [0.1, 0.15) is 4.90 Å². The standard InChI is InChI=1S/C20H18N2O4S/c1-14-6-12-17(13-7-14)27(24,25)26-19-5-3-2-4-18(19)15-8-10-16(11-9-15)22-20(21)23/h2-13H,1H3,(H3,21,22,23). The van der Waals surface area contributed by atoms with Crippen molar-refractivity contribution in [3.63, 3.8) is 0 Å². The van der Waals surface area contributed by atoms with Crippen molar-refractivity contribution in [2.24, 2.45) is 5.73 Å². The van der Waals surface area contributed by atoms with Crippen LogP contribution in [0.5, 0.6) is 5.75 Å². The molecule has 0 aliphatic rings.